The molecule has 2 heterocycles. The molecule has 2 N–H and O–H groups in total. The van der Waals surface area contributed by atoms with Gasteiger partial charge in [0.2, 0.25) is 0 Å². The summed E-state index contributed by atoms with van der Waals surface area (Å²) in [5.74, 6) is 1.12. The summed E-state index contributed by atoms with van der Waals surface area (Å²) in [7, 11) is 0. The summed E-state index contributed by atoms with van der Waals surface area (Å²) < 4.78 is 1.76. The van der Waals surface area contributed by atoms with E-state index in [-0.39, 0.29) is 0 Å². The zero-order chi connectivity index (χ0) is 14.8. The van der Waals surface area contributed by atoms with Gasteiger partial charge in [-0.2, -0.15) is 5.10 Å². The number of nitrogens with zero attached hydrogens (tertiary/aromatic N) is 4. The van der Waals surface area contributed by atoms with Crippen LogP contribution in [0.25, 0.3) is 16.9 Å². The van der Waals surface area contributed by atoms with Crippen LogP contribution in [0.1, 0.15) is 25.5 Å². The summed E-state index contributed by atoms with van der Waals surface area (Å²) in [4.78, 5) is 8.55. The SMILES string of the molecule is CC(C)c1cc(-n2cc(-c3cccc(N)c3)cn2)ncn1. The maximum atomic E-state index is 5.82. The fourth-order valence-corrected chi connectivity index (χ4v) is 2.12. The largest absolute Gasteiger partial charge is 0.399 e. The maximum absolute atomic E-state index is 5.82. The molecule has 0 unspecified atom stereocenters. The zero-order valence-corrected chi connectivity index (χ0v) is 12.1. The minimum atomic E-state index is 0.357. The number of nitrogens with two attached hydrogens (primary N) is 1. The van der Waals surface area contributed by atoms with E-state index >= 15 is 0 Å². The molecule has 0 bridgehead atoms. The van der Waals surface area contributed by atoms with Crippen molar-refractivity contribution in [3.8, 4) is 16.9 Å². The van der Waals surface area contributed by atoms with E-state index < -0.39 is 0 Å². The fourth-order valence-electron chi connectivity index (χ4n) is 2.12. The quantitative estimate of drug-likeness (QED) is 0.748. The van der Waals surface area contributed by atoms with Crippen molar-refractivity contribution < 1.29 is 0 Å². The lowest BCUT2D eigenvalue weighted by Crippen LogP contribution is -2.01. The van der Waals surface area contributed by atoms with E-state index in [2.05, 4.69) is 28.9 Å². The van der Waals surface area contributed by atoms with Crippen LogP contribution in [0.2, 0.25) is 0 Å². The highest BCUT2D eigenvalue weighted by Crippen LogP contribution is 2.22. The van der Waals surface area contributed by atoms with Gasteiger partial charge in [0.15, 0.2) is 5.82 Å². The molecule has 106 valence electrons. The zero-order valence-electron chi connectivity index (χ0n) is 12.1. The van der Waals surface area contributed by atoms with Crippen molar-refractivity contribution in [3.05, 3.63) is 54.7 Å². The third-order valence-electron chi connectivity index (χ3n) is 3.30. The lowest BCUT2D eigenvalue weighted by Gasteiger charge is -2.05. The fraction of sp³-hybridized carbons (Fsp3) is 0.188. The van der Waals surface area contributed by atoms with Crippen LogP contribution < -0.4 is 5.73 Å². The Kier molecular flexibility index (Phi) is 3.39. The molecular weight excluding hydrogens is 262 g/mol. The molecule has 0 radical (unpaired) electrons. The lowest BCUT2D eigenvalue weighted by atomic mass is 10.1. The Morgan fingerprint density at radius 2 is 1.95 bits per heavy atom. The molecule has 0 atom stereocenters. The highest BCUT2D eigenvalue weighted by atomic mass is 15.3. The van der Waals surface area contributed by atoms with Gasteiger partial charge in [0.25, 0.3) is 0 Å². The maximum Gasteiger partial charge on any atom is 0.156 e. The predicted octanol–water partition coefficient (Wildman–Crippen LogP) is 3.03. The molecule has 0 aliphatic carbocycles. The van der Waals surface area contributed by atoms with E-state index in [0.29, 0.717) is 5.92 Å². The van der Waals surface area contributed by atoms with Crippen LogP contribution >= 0.6 is 0 Å². The third kappa shape index (κ3) is 2.76. The summed E-state index contributed by atoms with van der Waals surface area (Å²) >= 11 is 0. The monoisotopic (exact) mass is 279 g/mol. The van der Waals surface area contributed by atoms with Crippen molar-refractivity contribution in [2.45, 2.75) is 19.8 Å². The van der Waals surface area contributed by atoms with E-state index in [1.807, 2.05) is 42.7 Å². The normalized spacial score (nSPS) is 11.0. The predicted molar refractivity (Wildman–Crippen MR) is 83.1 cm³/mol. The number of hydrogen-bond acceptors (Lipinski definition) is 4. The van der Waals surface area contributed by atoms with Crippen molar-refractivity contribution in [2.75, 3.05) is 5.73 Å². The number of rotatable bonds is 3. The Bertz CT molecular complexity index is 761. The first-order valence-electron chi connectivity index (χ1n) is 6.86. The molecule has 0 saturated heterocycles. The summed E-state index contributed by atoms with van der Waals surface area (Å²) in [6, 6.07) is 9.70. The summed E-state index contributed by atoms with van der Waals surface area (Å²) in [5, 5.41) is 4.38. The van der Waals surface area contributed by atoms with Gasteiger partial charge in [0, 0.05) is 29.2 Å². The van der Waals surface area contributed by atoms with E-state index in [0.717, 1.165) is 28.3 Å². The van der Waals surface area contributed by atoms with Gasteiger partial charge in [-0.15, -0.1) is 0 Å². The van der Waals surface area contributed by atoms with Crippen molar-refractivity contribution in [1.29, 1.82) is 0 Å². The molecule has 5 nitrogen and oxygen atoms in total. The lowest BCUT2D eigenvalue weighted by molar-refractivity contribution is 0.784. The van der Waals surface area contributed by atoms with E-state index in [1.165, 1.54) is 0 Å². The topological polar surface area (TPSA) is 69.6 Å². The highest BCUT2D eigenvalue weighted by molar-refractivity contribution is 5.66. The standard InChI is InChI=1S/C16H17N5/c1-11(2)15-7-16(19-10-18-15)21-9-13(8-20-21)12-4-3-5-14(17)6-12/h3-11H,17H2,1-2H3. The second-order valence-electron chi connectivity index (χ2n) is 5.25. The first-order valence-corrected chi connectivity index (χ1v) is 6.86. The molecule has 0 aliphatic heterocycles. The van der Waals surface area contributed by atoms with Crippen molar-refractivity contribution >= 4 is 5.69 Å². The number of benzene rings is 1. The molecule has 0 aliphatic rings. The summed E-state index contributed by atoms with van der Waals surface area (Å²) in [5.41, 5.74) is 9.61. The van der Waals surface area contributed by atoms with Crippen LogP contribution in [0.4, 0.5) is 5.69 Å². The molecule has 0 amide bonds. The van der Waals surface area contributed by atoms with Gasteiger partial charge in [0.1, 0.15) is 6.33 Å². The Morgan fingerprint density at radius 3 is 2.71 bits per heavy atom. The minimum absolute atomic E-state index is 0.357. The summed E-state index contributed by atoms with van der Waals surface area (Å²) in [6.07, 6.45) is 5.33. The number of nitrogen functional groups attached to an aromatic ring is 1. The molecule has 0 saturated carbocycles. The second-order valence-corrected chi connectivity index (χ2v) is 5.25. The van der Waals surface area contributed by atoms with Crippen molar-refractivity contribution in [3.63, 3.8) is 0 Å². The number of aromatic nitrogens is 4. The molecule has 3 aromatic rings. The number of anilines is 1. The van der Waals surface area contributed by atoms with Crippen LogP contribution in [-0.2, 0) is 0 Å². The summed E-state index contributed by atoms with van der Waals surface area (Å²) in [6.45, 7) is 4.21. The molecular formula is C16H17N5. The minimum Gasteiger partial charge on any atom is -0.399 e. The van der Waals surface area contributed by atoms with Gasteiger partial charge >= 0.3 is 0 Å². The Labute approximate surface area is 123 Å². The highest BCUT2D eigenvalue weighted by Gasteiger charge is 2.07. The first kappa shape index (κ1) is 13.3. The van der Waals surface area contributed by atoms with E-state index in [1.54, 1.807) is 11.0 Å². The van der Waals surface area contributed by atoms with Crippen LogP contribution in [-0.4, -0.2) is 19.7 Å². The number of hydrogen-bond donors (Lipinski definition) is 1. The van der Waals surface area contributed by atoms with Gasteiger partial charge in [-0.1, -0.05) is 26.0 Å². The van der Waals surface area contributed by atoms with E-state index in [4.69, 9.17) is 5.73 Å². The van der Waals surface area contributed by atoms with Crippen LogP contribution in [0.15, 0.2) is 49.1 Å². The van der Waals surface area contributed by atoms with Crippen molar-refractivity contribution in [1.82, 2.24) is 19.7 Å². The molecule has 0 fully saturated rings. The third-order valence-corrected chi connectivity index (χ3v) is 3.30. The first-order chi connectivity index (χ1) is 10.1. The van der Waals surface area contributed by atoms with Gasteiger partial charge in [-0.05, 0) is 23.6 Å². The van der Waals surface area contributed by atoms with Crippen LogP contribution in [0, 0.1) is 0 Å². The Hall–Kier alpha value is -2.69. The average Bonchev–Trinajstić information content (AvgIpc) is 2.97. The Balaban J connectivity index is 1.97. The van der Waals surface area contributed by atoms with Gasteiger partial charge < -0.3 is 5.73 Å². The molecule has 0 spiro atoms. The average molecular weight is 279 g/mol. The smallest absolute Gasteiger partial charge is 0.156 e. The Morgan fingerprint density at radius 1 is 1.10 bits per heavy atom. The van der Waals surface area contributed by atoms with E-state index in [9.17, 15) is 0 Å². The molecule has 1 aromatic carbocycles. The van der Waals surface area contributed by atoms with Gasteiger partial charge in [0.05, 0.1) is 6.20 Å². The van der Waals surface area contributed by atoms with Gasteiger partial charge in [-0.25, -0.2) is 14.6 Å². The molecule has 21 heavy (non-hydrogen) atoms. The van der Waals surface area contributed by atoms with Crippen molar-refractivity contribution in [2.24, 2.45) is 0 Å². The molecule has 2 aromatic heterocycles. The second kappa shape index (κ2) is 5.36. The van der Waals surface area contributed by atoms with Crippen LogP contribution in [0.3, 0.4) is 0 Å². The molecule has 3 rings (SSSR count). The van der Waals surface area contributed by atoms with Crippen LogP contribution in [0.5, 0.6) is 0 Å². The van der Waals surface area contributed by atoms with Gasteiger partial charge in [-0.3, -0.25) is 0 Å². The molecule has 5 heteroatoms.